The van der Waals surface area contributed by atoms with Crippen LogP contribution in [0, 0.1) is 5.82 Å². The number of carbonyl (C=O) groups is 1. The molecule has 3 rings (SSSR count). The van der Waals surface area contributed by atoms with Crippen LogP contribution in [-0.4, -0.2) is 34.7 Å². The largest absolute Gasteiger partial charge is 0.484 e. The molecule has 0 radical (unpaired) electrons. The summed E-state index contributed by atoms with van der Waals surface area (Å²) in [7, 11) is 1.64. The number of aromatic nitrogens is 2. The zero-order chi connectivity index (χ0) is 19.9. The van der Waals surface area contributed by atoms with Crippen LogP contribution >= 0.6 is 11.6 Å². The number of urea groups is 1. The highest BCUT2D eigenvalue weighted by molar-refractivity contribution is 6.30. The van der Waals surface area contributed by atoms with Gasteiger partial charge in [0.05, 0.1) is 0 Å². The number of amides is 2. The van der Waals surface area contributed by atoms with Crippen molar-refractivity contribution in [3.8, 4) is 5.75 Å². The third-order valence-corrected chi connectivity index (χ3v) is 4.05. The van der Waals surface area contributed by atoms with Gasteiger partial charge in [0.25, 0.3) is 5.89 Å². The molecule has 0 bridgehead atoms. The van der Waals surface area contributed by atoms with E-state index in [1.807, 2.05) is 0 Å². The first kappa shape index (κ1) is 19.6. The predicted octanol–water partition coefficient (Wildman–Crippen LogP) is 4.15. The van der Waals surface area contributed by atoms with Gasteiger partial charge in [-0.05, 0) is 48.5 Å². The second-order valence-electron chi connectivity index (χ2n) is 5.96. The maximum atomic E-state index is 12.9. The summed E-state index contributed by atoms with van der Waals surface area (Å²) in [5.41, 5.74) is 0.513. The highest BCUT2D eigenvalue weighted by Gasteiger charge is 2.12. The average molecular weight is 405 g/mol. The Morgan fingerprint density at radius 2 is 1.93 bits per heavy atom. The normalized spacial score (nSPS) is 10.5. The van der Waals surface area contributed by atoms with E-state index in [1.165, 1.54) is 29.2 Å². The van der Waals surface area contributed by atoms with Crippen molar-refractivity contribution in [1.29, 1.82) is 0 Å². The maximum absolute atomic E-state index is 12.9. The summed E-state index contributed by atoms with van der Waals surface area (Å²) >= 11 is 5.82. The van der Waals surface area contributed by atoms with E-state index in [4.69, 9.17) is 20.9 Å². The van der Waals surface area contributed by atoms with Gasteiger partial charge in [-0.2, -0.15) is 4.98 Å². The summed E-state index contributed by atoms with van der Waals surface area (Å²) in [6.07, 6.45) is 0.414. The maximum Gasteiger partial charge on any atom is 0.321 e. The molecule has 0 aliphatic rings. The van der Waals surface area contributed by atoms with Crippen LogP contribution in [0.5, 0.6) is 5.75 Å². The minimum atomic E-state index is -0.362. The molecular weight excluding hydrogens is 387 g/mol. The van der Waals surface area contributed by atoms with Crippen LogP contribution in [-0.2, 0) is 13.0 Å². The molecule has 0 atom stereocenters. The SMILES string of the molecule is CN(CCc1noc(COc2ccc(Cl)cc2)n1)C(=O)Nc1ccc(F)cc1. The zero-order valence-electron chi connectivity index (χ0n) is 15.1. The van der Waals surface area contributed by atoms with Crippen LogP contribution in [0.15, 0.2) is 53.1 Å². The number of likely N-dealkylation sites (N-methyl/N-ethyl adjacent to an activating group) is 1. The van der Waals surface area contributed by atoms with Crippen LogP contribution in [0.1, 0.15) is 11.7 Å². The zero-order valence-corrected chi connectivity index (χ0v) is 15.8. The van der Waals surface area contributed by atoms with E-state index in [0.717, 1.165) is 0 Å². The second-order valence-corrected chi connectivity index (χ2v) is 6.39. The van der Waals surface area contributed by atoms with Gasteiger partial charge in [-0.3, -0.25) is 0 Å². The van der Waals surface area contributed by atoms with Gasteiger partial charge in [-0.15, -0.1) is 0 Å². The quantitative estimate of drug-likeness (QED) is 0.639. The number of halogens is 2. The smallest absolute Gasteiger partial charge is 0.321 e. The number of benzene rings is 2. The van der Waals surface area contributed by atoms with Crippen LogP contribution < -0.4 is 10.1 Å². The number of nitrogens with one attached hydrogen (secondary N) is 1. The topological polar surface area (TPSA) is 80.5 Å². The Morgan fingerprint density at radius 3 is 2.64 bits per heavy atom. The lowest BCUT2D eigenvalue weighted by Gasteiger charge is -2.17. The van der Waals surface area contributed by atoms with Gasteiger partial charge in [0.2, 0.25) is 0 Å². The Labute approximate surface area is 166 Å². The van der Waals surface area contributed by atoms with Crippen LogP contribution in [0.4, 0.5) is 14.9 Å². The lowest BCUT2D eigenvalue weighted by molar-refractivity contribution is 0.222. The van der Waals surface area contributed by atoms with Crippen molar-refractivity contribution in [2.24, 2.45) is 0 Å². The van der Waals surface area contributed by atoms with Gasteiger partial charge in [0.15, 0.2) is 12.4 Å². The molecule has 146 valence electrons. The van der Waals surface area contributed by atoms with Crippen molar-refractivity contribution >= 4 is 23.3 Å². The van der Waals surface area contributed by atoms with Crippen molar-refractivity contribution in [2.75, 3.05) is 18.9 Å². The molecule has 0 saturated carbocycles. The molecule has 0 unspecified atom stereocenters. The van der Waals surface area contributed by atoms with Gasteiger partial charge in [-0.25, -0.2) is 9.18 Å². The molecule has 1 heterocycles. The summed E-state index contributed by atoms with van der Waals surface area (Å²) in [5, 5.41) is 7.18. The molecule has 1 N–H and O–H groups in total. The average Bonchev–Trinajstić information content (AvgIpc) is 3.15. The summed E-state index contributed by atoms with van der Waals surface area (Å²) < 4.78 is 23.6. The molecule has 28 heavy (non-hydrogen) atoms. The lowest BCUT2D eigenvalue weighted by atomic mass is 10.3. The van der Waals surface area contributed by atoms with E-state index in [1.54, 1.807) is 31.3 Å². The molecule has 9 heteroatoms. The molecular formula is C19H18ClFN4O3. The van der Waals surface area contributed by atoms with Crippen molar-refractivity contribution in [1.82, 2.24) is 15.0 Å². The number of hydrogen-bond acceptors (Lipinski definition) is 5. The van der Waals surface area contributed by atoms with Crippen molar-refractivity contribution in [3.63, 3.8) is 0 Å². The van der Waals surface area contributed by atoms with Crippen LogP contribution in [0.25, 0.3) is 0 Å². The Morgan fingerprint density at radius 1 is 1.21 bits per heavy atom. The predicted molar refractivity (Wildman–Crippen MR) is 102 cm³/mol. The van der Waals surface area contributed by atoms with Crippen LogP contribution in [0.3, 0.4) is 0 Å². The molecule has 0 aliphatic carbocycles. The first-order valence-corrected chi connectivity index (χ1v) is 8.85. The van der Waals surface area contributed by atoms with Crippen LogP contribution in [0.2, 0.25) is 5.02 Å². The van der Waals surface area contributed by atoms with Crippen molar-refractivity contribution < 1.29 is 18.4 Å². The van der Waals surface area contributed by atoms with E-state index < -0.39 is 0 Å². The minimum absolute atomic E-state index is 0.134. The fourth-order valence-electron chi connectivity index (χ4n) is 2.25. The molecule has 2 aromatic carbocycles. The number of anilines is 1. The lowest BCUT2D eigenvalue weighted by Crippen LogP contribution is -2.33. The molecule has 2 amide bonds. The van der Waals surface area contributed by atoms with Gasteiger partial charge >= 0.3 is 6.03 Å². The van der Waals surface area contributed by atoms with Crippen molar-refractivity contribution in [3.05, 3.63) is 71.1 Å². The Kier molecular flexibility index (Phi) is 6.44. The molecule has 0 saturated heterocycles. The van der Waals surface area contributed by atoms with Gasteiger partial charge in [0.1, 0.15) is 11.6 Å². The first-order valence-electron chi connectivity index (χ1n) is 8.47. The summed E-state index contributed by atoms with van der Waals surface area (Å²) in [6.45, 7) is 0.513. The fourth-order valence-corrected chi connectivity index (χ4v) is 2.37. The van der Waals surface area contributed by atoms with Gasteiger partial charge < -0.3 is 19.5 Å². The number of rotatable bonds is 7. The Balaban J connectivity index is 1.44. The van der Waals surface area contributed by atoms with Gasteiger partial charge in [-0.1, -0.05) is 16.8 Å². The van der Waals surface area contributed by atoms with E-state index in [-0.39, 0.29) is 18.5 Å². The standard InChI is InChI=1S/C19H18ClFN4O3/c1-25(19(26)22-15-6-4-14(21)5-7-15)11-10-17-23-18(28-24-17)12-27-16-8-2-13(20)3-9-16/h2-9H,10-12H2,1H3,(H,22,26). The monoisotopic (exact) mass is 404 g/mol. The molecule has 0 fully saturated rings. The molecule has 1 aromatic heterocycles. The second kappa shape index (κ2) is 9.18. The van der Waals surface area contributed by atoms with Gasteiger partial charge in [0, 0.05) is 30.7 Å². The van der Waals surface area contributed by atoms with E-state index in [0.29, 0.717) is 41.1 Å². The fraction of sp³-hybridized carbons (Fsp3) is 0.211. The molecule has 0 spiro atoms. The first-order chi connectivity index (χ1) is 13.5. The molecule has 0 aliphatic heterocycles. The Bertz CT molecular complexity index is 916. The molecule has 3 aromatic rings. The number of carbonyl (C=O) groups excluding carboxylic acids is 1. The molecule has 7 nitrogen and oxygen atoms in total. The summed E-state index contributed by atoms with van der Waals surface area (Å²) in [5.74, 6) is 1.08. The minimum Gasteiger partial charge on any atom is -0.484 e. The number of ether oxygens (including phenoxy) is 1. The Hall–Kier alpha value is -3.13. The third-order valence-electron chi connectivity index (χ3n) is 3.80. The van der Waals surface area contributed by atoms with Crippen molar-refractivity contribution in [2.45, 2.75) is 13.0 Å². The number of nitrogens with zero attached hydrogens (tertiary/aromatic N) is 3. The number of hydrogen-bond donors (Lipinski definition) is 1. The summed E-state index contributed by atoms with van der Waals surface area (Å²) in [4.78, 5) is 17.8. The third kappa shape index (κ3) is 5.68. The van der Waals surface area contributed by atoms with E-state index in [9.17, 15) is 9.18 Å². The van der Waals surface area contributed by atoms with E-state index in [2.05, 4.69) is 15.5 Å². The van der Waals surface area contributed by atoms with E-state index >= 15 is 0 Å². The highest BCUT2D eigenvalue weighted by Crippen LogP contribution is 2.16. The highest BCUT2D eigenvalue weighted by atomic mass is 35.5. The summed E-state index contributed by atoms with van der Waals surface area (Å²) in [6, 6.07) is 12.2.